The van der Waals surface area contributed by atoms with Gasteiger partial charge in [0.1, 0.15) is 5.82 Å². The third kappa shape index (κ3) is 4.31. The quantitative estimate of drug-likeness (QED) is 0.862. The molecule has 0 aliphatic heterocycles. The molecule has 1 aromatic carbocycles. The van der Waals surface area contributed by atoms with Crippen LogP contribution in [0.5, 0.6) is 0 Å². The summed E-state index contributed by atoms with van der Waals surface area (Å²) in [6.45, 7) is 3.21. The summed E-state index contributed by atoms with van der Waals surface area (Å²) in [5.74, 6) is -0.638. The summed E-state index contributed by atoms with van der Waals surface area (Å²) in [5, 5.41) is 9.17. The van der Waals surface area contributed by atoms with Gasteiger partial charge >= 0.3 is 0 Å². The van der Waals surface area contributed by atoms with Gasteiger partial charge in [-0.1, -0.05) is 0 Å². The summed E-state index contributed by atoms with van der Waals surface area (Å²) in [5.41, 5.74) is 0. The molecule has 2 N–H and O–H groups in total. The molecule has 0 aromatic heterocycles. The summed E-state index contributed by atoms with van der Waals surface area (Å²) in [7, 11) is -3.77. The molecule has 4 nitrogen and oxygen atoms in total. The van der Waals surface area contributed by atoms with E-state index in [-0.39, 0.29) is 15.8 Å². The Labute approximate surface area is 114 Å². The zero-order valence-corrected chi connectivity index (χ0v) is 12.4. The molecule has 7 heteroatoms. The first kappa shape index (κ1) is 15.6. The second kappa shape index (κ2) is 6.10. The number of nitrogens with one attached hydrogen (secondary N) is 1. The molecular formula is C11H15BrFNO3S. The number of aliphatic hydroxyl groups is 1. The van der Waals surface area contributed by atoms with Crippen molar-refractivity contribution in [3.05, 3.63) is 28.5 Å². The van der Waals surface area contributed by atoms with Crippen LogP contribution < -0.4 is 4.72 Å². The van der Waals surface area contributed by atoms with Crippen LogP contribution in [0.25, 0.3) is 0 Å². The predicted molar refractivity (Wildman–Crippen MR) is 70.2 cm³/mol. The molecule has 1 rings (SSSR count). The van der Waals surface area contributed by atoms with E-state index in [0.29, 0.717) is 0 Å². The SMILES string of the molecule is CC(O)CC(C)NS(=O)(=O)c1ccc(Br)c(F)c1. The molecule has 0 aliphatic rings. The molecular weight excluding hydrogens is 325 g/mol. The number of rotatable bonds is 5. The van der Waals surface area contributed by atoms with Crippen LogP contribution in [0.1, 0.15) is 20.3 Å². The molecule has 0 spiro atoms. The topological polar surface area (TPSA) is 66.4 Å². The van der Waals surface area contributed by atoms with E-state index in [9.17, 15) is 12.8 Å². The number of hydrogen-bond donors (Lipinski definition) is 2. The molecule has 0 saturated carbocycles. The minimum atomic E-state index is -3.77. The zero-order valence-electron chi connectivity index (χ0n) is 10.0. The first-order valence-electron chi connectivity index (χ1n) is 5.38. The highest BCUT2D eigenvalue weighted by molar-refractivity contribution is 9.10. The summed E-state index contributed by atoms with van der Waals surface area (Å²) in [4.78, 5) is -0.138. The molecule has 0 saturated heterocycles. The van der Waals surface area contributed by atoms with Gasteiger partial charge in [-0.05, 0) is 54.4 Å². The zero-order chi connectivity index (χ0) is 13.9. The van der Waals surface area contributed by atoms with E-state index in [1.807, 2.05) is 0 Å². The lowest BCUT2D eigenvalue weighted by Crippen LogP contribution is -2.34. The number of halogens is 2. The molecule has 18 heavy (non-hydrogen) atoms. The molecule has 1 aromatic rings. The molecule has 2 atom stereocenters. The fourth-order valence-electron chi connectivity index (χ4n) is 1.54. The third-order valence-corrected chi connectivity index (χ3v) is 4.48. The van der Waals surface area contributed by atoms with E-state index in [2.05, 4.69) is 20.7 Å². The van der Waals surface area contributed by atoms with Gasteiger partial charge in [-0.3, -0.25) is 0 Å². The van der Waals surface area contributed by atoms with Crippen LogP contribution in [-0.4, -0.2) is 25.7 Å². The van der Waals surface area contributed by atoms with Crippen LogP contribution in [0.2, 0.25) is 0 Å². The summed E-state index contributed by atoms with van der Waals surface area (Å²) >= 11 is 2.96. The fraction of sp³-hybridized carbons (Fsp3) is 0.455. The number of aliphatic hydroxyl groups excluding tert-OH is 1. The second-order valence-corrected chi connectivity index (χ2v) is 6.75. The molecule has 0 heterocycles. The van der Waals surface area contributed by atoms with Crippen LogP contribution in [0.15, 0.2) is 27.6 Å². The first-order valence-corrected chi connectivity index (χ1v) is 7.65. The Balaban J connectivity index is 2.89. The van der Waals surface area contributed by atoms with Crippen molar-refractivity contribution in [3.63, 3.8) is 0 Å². The van der Waals surface area contributed by atoms with E-state index >= 15 is 0 Å². The Bertz CT molecular complexity index is 519. The van der Waals surface area contributed by atoms with Crippen molar-refractivity contribution in [1.82, 2.24) is 4.72 Å². The van der Waals surface area contributed by atoms with Gasteiger partial charge in [-0.2, -0.15) is 0 Å². The third-order valence-electron chi connectivity index (χ3n) is 2.25. The average molecular weight is 340 g/mol. The van der Waals surface area contributed by atoms with Gasteiger partial charge in [0.15, 0.2) is 0 Å². The van der Waals surface area contributed by atoms with Crippen LogP contribution in [0, 0.1) is 5.82 Å². The Morgan fingerprint density at radius 1 is 1.44 bits per heavy atom. The van der Waals surface area contributed by atoms with Gasteiger partial charge in [-0.15, -0.1) is 0 Å². The maximum atomic E-state index is 13.3. The Morgan fingerprint density at radius 3 is 2.56 bits per heavy atom. The van der Waals surface area contributed by atoms with Gasteiger partial charge in [0, 0.05) is 6.04 Å². The smallest absolute Gasteiger partial charge is 0.240 e. The van der Waals surface area contributed by atoms with Gasteiger partial charge < -0.3 is 5.11 Å². The van der Waals surface area contributed by atoms with Gasteiger partial charge in [-0.25, -0.2) is 17.5 Å². The van der Waals surface area contributed by atoms with Crippen molar-refractivity contribution in [1.29, 1.82) is 0 Å². The maximum Gasteiger partial charge on any atom is 0.240 e. The van der Waals surface area contributed by atoms with Crippen LogP contribution in [0.3, 0.4) is 0 Å². The lowest BCUT2D eigenvalue weighted by Gasteiger charge is -2.15. The van der Waals surface area contributed by atoms with Crippen molar-refractivity contribution in [2.45, 2.75) is 37.3 Å². The predicted octanol–water partition coefficient (Wildman–Crippen LogP) is 2.03. The fourth-order valence-corrected chi connectivity index (χ4v) is 3.05. The van der Waals surface area contributed by atoms with E-state index in [0.717, 1.165) is 6.07 Å². The molecule has 2 unspecified atom stereocenters. The van der Waals surface area contributed by atoms with Gasteiger partial charge in [0.25, 0.3) is 0 Å². The number of benzene rings is 1. The van der Waals surface area contributed by atoms with E-state index in [1.54, 1.807) is 13.8 Å². The van der Waals surface area contributed by atoms with Crippen molar-refractivity contribution in [2.24, 2.45) is 0 Å². The van der Waals surface area contributed by atoms with Gasteiger partial charge in [0.05, 0.1) is 15.5 Å². The molecule has 0 bridgehead atoms. The van der Waals surface area contributed by atoms with Crippen molar-refractivity contribution < 1.29 is 17.9 Å². The lowest BCUT2D eigenvalue weighted by molar-refractivity contribution is 0.175. The standard InChI is InChI=1S/C11H15BrFNO3S/c1-7(5-8(2)15)14-18(16,17)9-3-4-10(12)11(13)6-9/h3-4,6-8,14-15H,5H2,1-2H3. The molecule has 0 aliphatic carbocycles. The normalized spacial score (nSPS) is 15.4. The van der Waals surface area contributed by atoms with Crippen molar-refractivity contribution in [2.75, 3.05) is 0 Å². The first-order chi connectivity index (χ1) is 8.22. The van der Waals surface area contributed by atoms with E-state index in [1.165, 1.54) is 12.1 Å². The highest BCUT2D eigenvalue weighted by atomic mass is 79.9. The minimum Gasteiger partial charge on any atom is -0.393 e. The van der Waals surface area contributed by atoms with Gasteiger partial charge in [0.2, 0.25) is 10.0 Å². The maximum absolute atomic E-state index is 13.3. The molecule has 0 fully saturated rings. The highest BCUT2D eigenvalue weighted by Crippen LogP contribution is 2.19. The summed E-state index contributed by atoms with van der Waals surface area (Å²) in [6.07, 6.45) is -0.317. The number of hydrogen-bond acceptors (Lipinski definition) is 3. The van der Waals surface area contributed by atoms with Crippen LogP contribution in [0.4, 0.5) is 4.39 Å². The Hall–Kier alpha value is -0.500. The Morgan fingerprint density at radius 2 is 2.06 bits per heavy atom. The largest absolute Gasteiger partial charge is 0.393 e. The van der Waals surface area contributed by atoms with E-state index < -0.39 is 28.0 Å². The molecule has 102 valence electrons. The lowest BCUT2D eigenvalue weighted by atomic mass is 10.2. The average Bonchev–Trinajstić information content (AvgIpc) is 2.19. The summed E-state index contributed by atoms with van der Waals surface area (Å²) < 4.78 is 39.7. The van der Waals surface area contributed by atoms with E-state index in [4.69, 9.17) is 5.11 Å². The Kier molecular flexibility index (Phi) is 5.27. The van der Waals surface area contributed by atoms with Crippen molar-refractivity contribution >= 4 is 26.0 Å². The van der Waals surface area contributed by atoms with Crippen molar-refractivity contribution in [3.8, 4) is 0 Å². The van der Waals surface area contributed by atoms with Crippen LogP contribution >= 0.6 is 15.9 Å². The second-order valence-electron chi connectivity index (χ2n) is 4.18. The monoisotopic (exact) mass is 339 g/mol. The number of sulfonamides is 1. The minimum absolute atomic E-state index is 0.138. The highest BCUT2D eigenvalue weighted by Gasteiger charge is 2.19. The molecule has 0 amide bonds. The van der Waals surface area contributed by atoms with Crippen LogP contribution in [-0.2, 0) is 10.0 Å². The molecule has 0 radical (unpaired) electrons. The summed E-state index contributed by atoms with van der Waals surface area (Å²) in [6, 6.07) is 3.16.